The number of fused-ring (bicyclic) bond motifs is 1. The van der Waals surface area contributed by atoms with E-state index in [2.05, 4.69) is 22.1 Å². The highest BCUT2D eigenvalue weighted by Gasteiger charge is 2.50. The van der Waals surface area contributed by atoms with Crippen LogP contribution in [-0.4, -0.2) is 30.1 Å². The molecule has 2 aromatic rings. The topological polar surface area (TPSA) is 77.3 Å². The van der Waals surface area contributed by atoms with Crippen molar-refractivity contribution in [2.75, 3.05) is 11.3 Å². The Morgan fingerprint density at radius 3 is 2.39 bits per heavy atom. The van der Waals surface area contributed by atoms with Crippen LogP contribution in [0.2, 0.25) is 0 Å². The fourth-order valence-corrected chi connectivity index (χ4v) is 8.97. The van der Waals surface area contributed by atoms with E-state index in [-0.39, 0.29) is 5.25 Å². The van der Waals surface area contributed by atoms with Crippen LogP contribution in [-0.2, 0) is 17.1 Å². The Morgan fingerprint density at radius 2 is 1.79 bits per heavy atom. The molecule has 0 saturated heterocycles. The fraction of sp³-hybridized carbons (Fsp3) is 0.760. The summed E-state index contributed by atoms with van der Waals surface area (Å²) in [6.07, 6.45) is 15.7. The summed E-state index contributed by atoms with van der Waals surface area (Å²) >= 11 is 0. The molecule has 1 N–H and O–H groups in total. The van der Waals surface area contributed by atoms with Gasteiger partial charge in [0, 0.05) is 16.7 Å². The van der Waals surface area contributed by atoms with E-state index in [0.717, 1.165) is 48.6 Å². The van der Waals surface area contributed by atoms with E-state index >= 15 is 0 Å². The average molecular weight is 472 g/mol. The average Bonchev–Trinajstić information content (AvgIpc) is 3.65. The molecule has 6 saturated carbocycles. The number of nitrogens with one attached hydrogen (secondary N) is 1. The lowest BCUT2D eigenvalue weighted by molar-refractivity contribution is -0.496. The third-order valence-corrected chi connectivity index (χ3v) is 10.9. The first kappa shape index (κ1) is 20.5. The van der Waals surface area contributed by atoms with Crippen molar-refractivity contribution in [2.45, 2.75) is 81.8 Å². The van der Waals surface area contributed by atoms with E-state index in [9.17, 15) is 8.42 Å². The van der Waals surface area contributed by atoms with E-state index < -0.39 is 10.0 Å². The van der Waals surface area contributed by atoms with Crippen LogP contribution >= 0.6 is 0 Å². The first-order valence-corrected chi connectivity index (χ1v) is 14.5. The number of hydrogen-bond donors (Lipinski definition) is 1. The number of aromatic nitrogens is 3. The minimum absolute atomic E-state index is 0.273. The monoisotopic (exact) mass is 471 g/mol. The molecule has 0 aliphatic heterocycles. The Morgan fingerprint density at radius 1 is 1.12 bits per heavy atom. The van der Waals surface area contributed by atoms with Gasteiger partial charge in [-0.2, -0.15) is 17.5 Å². The molecule has 6 aliphatic carbocycles. The molecule has 6 fully saturated rings. The number of nitrogens with zero attached hydrogens (tertiary/aromatic N) is 3. The van der Waals surface area contributed by atoms with Crippen LogP contribution in [0.3, 0.4) is 0 Å². The highest BCUT2D eigenvalue weighted by atomic mass is 32.2. The van der Waals surface area contributed by atoms with E-state index in [1.165, 1.54) is 63.4 Å². The standard InChI is InChI=1S/C25H35N4O3S/c1-28-23-11-22(32-7-6-25-12-16-8-17(13-25)10-18(9-16)14-25)21(19-2-3-19)15-29(23)24(26-28)27-33(30,31)20-4-5-20/h11,15-20H,2-10,12-14H2,1H3,(H,26,27)/q+1. The maximum atomic E-state index is 12.5. The van der Waals surface area contributed by atoms with Crippen molar-refractivity contribution < 1.29 is 17.6 Å². The molecule has 7 nitrogen and oxygen atoms in total. The summed E-state index contributed by atoms with van der Waals surface area (Å²) in [4.78, 5) is 0. The molecule has 178 valence electrons. The molecule has 0 amide bonds. The SMILES string of the molecule is Cn1nc(NS(=O)(=O)C2CC2)[n+]2cc(C3CC3)c(OCCC34CC5CC(CC(C5)C3)C4)cc12. The van der Waals surface area contributed by atoms with Gasteiger partial charge in [-0.1, -0.05) is 0 Å². The normalized spacial score (nSPS) is 33.1. The Kier molecular flexibility index (Phi) is 4.41. The second-order valence-electron chi connectivity index (χ2n) is 11.9. The van der Waals surface area contributed by atoms with Crippen molar-refractivity contribution in [3.8, 4) is 5.75 Å². The molecule has 8 rings (SSSR count). The number of aryl methyl sites for hydroxylation is 1. The summed E-state index contributed by atoms with van der Waals surface area (Å²) in [6.45, 7) is 0.779. The predicted molar refractivity (Wildman–Crippen MR) is 125 cm³/mol. The molecular weight excluding hydrogens is 436 g/mol. The van der Waals surface area contributed by atoms with Crippen LogP contribution in [0.25, 0.3) is 5.65 Å². The lowest BCUT2D eigenvalue weighted by atomic mass is 9.49. The third kappa shape index (κ3) is 3.63. The van der Waals surface area contributed by atoms with Crippen LogP contribution in [0.4, 0.5) is 5.95 Å². The Bertz CT molecular complexity index is 1180. The zero-order chi connectivity index (χ0) is 22.4. The van der Waals surface area contributed by atoms with Crippen LogP contribution in [0.5, 0.6) is 5.75 Å². The van der Waals surface area contributed by atoms with Crippen LogP contribution in [0, 0.1) is 23.2 Å². The first-order valence-electron chi connectivity index (χ1n) is 12.9. The maximum absolute atomic E-state index is 12.5. The number of ether oxygens (including phenoxy) is 1. The molecule has 8 heteroatoms. The lowest BCUT2D eigenvalue weighted by Crippen LogP contribution is -2.46. The van der Waals surface area contributed by atoms with E-state index in [1.54, 1.807) is 4.68 Å². The van der Waals surface area contributed by atoms with Gasteiger partial charge in [-0.15, -0.1) is 4.68 Å². The molecule has 0 spiro atoms. The molecule has 33 heavy (non-hydrogen) atoms. The quantitative estimate of drug-likeness (QED) is 0.592. The largest absolute Gasteiger partial charge is 0.493 e. The van der Waals surface area contributed by atoms with Gasteiger partial charge < -0.3 is 4.74 Å². The molecule has 6 aliphatic rings. The zero-order valence-electron chi connectivity index (χ0n) is 19.5. The van der Waals surface area contributed by atoms with Crippen molar-refractivity contribution in [1.29, 1.82) is 0 Å². The molecular formula is C25H35N4O3S+. The smallest absolute Gasteiger partial charge is 0.396 e. The molecule has 0 aromatic carbocycles. The summed E-state index contributed by atoms with van der Waals surface area (Å²) in [5.74, 6) is 4.75. The number of pyridine rings is 1. The zero-order valence-corrected chi connectivity index (χ0v) is 20.3. The minimum atomic E-state index is -3.36. The van der Waals surface area contributed by atoms with Gasteiger partial charge in [-0.25, -0.2) is 0 Å². The van der Waals surface area contributed by atoms with Gasteiger partial charge in [0.05, 0.1) is 25.1 Å². The van der Waals surface area contributed by atoms with Crippen molar-refractivity contribution >= 4 is 21.6 Å². The van der Waals surface area contributed by atoms with Crippen LogP contribution in [0.15, 0.2) is 12.3 Å². The van der Waals surface area contributed by atoms with Crippen molar-refractivity contribution in [1.82, 2.24) is 9.78 Å². The van der Waals surface area contributed by atoms with E-state index in [4.69, 9.17) is 4.74 Å². The summed E-state index contributed by atoms with van der Waals surface area (Å²) in [6, 6.07) is 2.06. The maximum Gasteiger partial charge on any atom is 0.396 e. The van der Waals surface area contributed by atoms with Crippen molar-refractivity contribution in [3.05, 3.63) is 17.8 Å². The predicted octanol–water partition coefficient (Wildman–Crippen LogP) is 3.93. The van der Waals surface area contributed by atoms with E-state index in [1.807, 2.05) is 11.4 Å². The number of anilines is 1. The third-order valence-electron chi connectivity index (χ3n) is 9.13. The second kappa shape index (κ2) is 7.09. The van der Waals surface area contributed by atoms with Gasteiger partial charge in [-0.05, 0) is 99.7 Å². The van der Waals surface area contributed by atoms with Gasteiger partial charge in [0.2, 0.25) is 5.65 Å². The van der Waals surface area contributed by atoms with Crippen LogP contribution in [0.1, 0.15) is 82.1 Å². The van der Waals surface area contributed by atoms with Gasteiger partial charge in [0.15, 0.2) is 0 Å². The number of sulfonamides is 1. The number of hydrogen-bond acceptors (Lipinski definition) is 4. The first-order chi connectivity index (χ1) is 15.9. The van der Waals surface area contributed by atoms with Gasteiger partial charge in [0.1, 0.15) is 5.75 Å². The second-order valence-corrected chi connectivity index (χ2v) is 13.9. The Labute approximate surface area is 195 Å². The summed E-state index contributed by atoms with van der Waals surface area (Å²) in [5, 5.41) is 4.22. The molecule has 0 radical (unpaired) electrons. The molecule has 2 heterocycles. The molecule has 2 aromatic heterocycles. The van der Waals surface area contributed by atoms with Gasteiger partial charge >= 0.3 is 5.95 Å². The molecule has 4 bridgehead atoms. The summed E-state index contributed by atoms with van der Waals surface area (Å²) < 4.78 is 37.9. The van der Waals surface area contributed by atoms with Gasteiger partial charge in [0.25, 0.3) is 10.0 Å². The van der Waals surface area contributed by atoms with E-state index in [0.29, 0.717) is 17.3 Å². The molecule has 0 atom stereocenters. The lowest BCUT2D eigenvalue weighted by Gasteiger charge is -2.57. The van der Waals surface area contributed by atoms with Crippen molar-refractivity contribution in [2.24, 2.45) is 30.2 Å². The highest BCUT2D eigenvalue weighted by Crippen LogP contribution is 2.61. The van der Waals surface area contributed by atoms with Gasteiger partial charge in [-0.3, -0.25) is 0 Å². The van der Waals surface area contributed by atoms with Crippen LogP contribution < -0.4 is 13.9 Å². The van der Waals surface area contributed by atoms with Crippen molar-refractivity contribution in [3.63, 3.8) is 0 Å². The Balaban J connectivity index is 1.14. The fourth-order valence-electron chi connectivity index (χ4n) is 7.66. The summed E-state index contributed by atoms with van der Waals surface area (Å²) in [5.41, 5.74) is 2.56. The minimum Gasteiger partial charge on any atom is -0.493 e. The Hall–Kier alpha value is -1.83. The highest BCUT2D eigenvalue weighted by molar-refractivity contribution is 7.93. The molecule has 0 unspecified atom stereocenters. The summed E-state index contributed by atoms with van der Waals surface area (Å²) in [7, 11) is -1.50. The number of rotatable bonds is 8.